The molecule has 3 N–H and O–H groups in total. The molecule has 1 aromatic heterocycles. The van der Waals surface area contributed by atoms with E-state index < -0.39 is 54.8 Å². The number of ether oxygens (including phenoxy) is 3. The molecule has 0 radical (unpaired) electrons. The smallest absolute Gasteiger partial charge is 0.358 e. The van der Waals surface area contributed by atoms with E-state index in [0.717, 1.165) is 10.9 Å². The van der Waals surface area contributed by atoms with E-state index in [1.54, 1.807) is 48.5 Å². The summed E-state index contributed by atoms with van der Waals surface area (Å²) in [5.74, 6) is -3.21. The fraction of sp³-hybridized carbons (Fsp3) is 0.217. The average molecular weight is 469 g/mol. The number of anilines is 1. The second-order valence-corrected chi connectivity index (χ2v) is 7.40. The Kier molecular flexibility index (Phi) is 6.55. The zero-order valence-corrected chi connectivity index (χ0v) is 17.6. The maximum atomic E-state index is 15.5. The lowest BCUT2D eigenvalue weighted by Crippen LogP contribution is -2.37. The number of carbonyl (C=O) groups excluding carboxylic acids is 2. The molecule has 0 aliphatic carbocycles. The van der Waals surface area contributed by atoms with Crippen molar-refractivity contribution in [2.45, 2.75) is 24.6 Å². The molecule has 34 heavy (non-hydrogen) atoms. The van der Waals surface area contributed by atoms with E-state index in [9.17, 15) is 19.5 Å². The normalized spacial score (nSPS) is 21.7. The van der Waals surface area contributed by atoms with E-state index in [-0.39, 0.29) is 16.9 Å². The Hall–Kier alpha value is -4.25. The molecule has 1 aliphatic rings. The number of aromatic nitrogens is 2. The molecule has 0 amide bonds. The molecule has 0 saturated carbocycles. The lowest BCUT2D eigenvalue weighted by molar-refractivity contribution is -0.0574. The Balaban J connectivity index is 1.56. The Bertz CT molecular complexity index is 1190. The van der Waals surface area contributed by atoms with E-state index >= 15 is 4.39 Å². The highest BCUT2D eigenvalue weighted by Gasteiger charge is 2.50. The van der Waals surface area contributed by atoms with E-state index in [0.29, 0.717) is 0 Å². The third-order valence-electron chi connectivity index (χ3n) is 5.22. The number of nitrogens with two attached hydrogens (primary N) is 1. The summed E-state index contributed by atoms with van der Waals surface area (Å²) in [6.45, 7) is -0.433. The van der Waals surface area contributed by atoms with E-state index in [4.69, 9.17) is 19.9 Å². The predicted octanol–water partition coefficient (Wildman–Crippen LogP) is 2.48. The van der Waals surface area contributed by atoms with Crippen LogP contribution in [-0.4, -0.2) is 57.6 Å². The van der Waals surface area contributed by atoms with Crippen molar-refractivity contribution in [3.8, 4) is 0 Å². The number of hydrogen-bond acceptors (Lipinski definition) is 8. The van der Waals surface area contributed by atoms with Gasteiger partial charge in [0.25, 0.3) is 0 Å². The molecule has 0 spiro atoms. The monoisotopic (exact) mass is 469 g/mol. The largest absolute Gasteiger partial charge is 0.476 e. The Labute approximate surface area is 192 Å². The van der Waals surface area contributed by atoms with Crippen LogP contribution in [0.4, 0.5) is 10.2 Å². The second kappa shape index (κ2) is 9.71. The molecule has 3 aromatic rings. The van der Waals surface area contributed by atoms with Gasteiger partial charge in [-0.05, 0) is 24.3 Å². The van der Waals surface area contributed by atoms with E-state index in [1.807, 2.05) is 0 Å². The number of aromatic carboxylic acids is 1. The fourth-order valence-corrected chi connectivity index (χ4v) is 3.51. The Morgan fingerprint density at radius 3 is 2.18 bits per heavy atom. The van der Waals surface area contributed by atoms with Crippen LogP contribution < -0.4 is 5.73 Å². The van der Waals surface area contributed by atoms with Gasteiger partial charge in [0.1, 0.15) is 18.5 Å². The van der Waals surface area contributed by atoms with Crippen LogP contribution in [0.15, 0.2) is 67.0 Å². The highest BCUT2D eigenvalue weighted by atomic mass is 19.1. The first kappa shape index (κ1) is 22.9. The van der Waals surface area contributed by atoms with Crippen LogP contribution in [0.3, 0.4) is 0 Å². The number of carbonyl (C=O) groups is 3. The van der Waals surface area contributed by atoms with Gasteiger partial charge in [0.15, 0.2) is 24.2 Å². The van der Waals surface area contributed by atoms with Gasteiger partial charge < -0.3 is 25.1 Å². The summed E-state index contributed by atoms with van der Waals surface area (Å²) in [6.07, 6.45) is -5.09. The quantitative estimate of drug-likeness (QED) is 0.499. The van der Waals surface area contributed by atoms with Crippen LogP contribution in [0.1, 0.15) is 37.4 Å². The van der Waals surface area contributed by atoms with Gasteiger partial charge in [0.05, 0.1) is 17.5 Å². The molecule has 1 saturated heterocycles. The van der Waals surface area contributed by atoms with Gasteiger partial charge in [-0.2, -0.15) is 0 Å². The van der Waals surface area contributed by atoms with Gasteiger partial charge in [-0.25, -0.2) is 23.8 Å². The summed E-state index contributed by atoms with van der Waals surface area (Å²) >= 11 is 0. The van der Waals surface area contributed by atoms with Crippen molar-refractivity contribution < 1.29 is 38.1 Å². The van der Waals surface area contributed by atoms with Gasteiger partial charge in [0.2, 0.25) is 0 Å². The summed E-state index contributed by atoms with van der Waals surface area (Å²) in [5, 5.41) is 9.17. The molecular formula is C23H20FN3O7. The van der Waals surface area contributed by atoms with Crippen LogP contribution >= 0.6 is 0 Å². The fourth-order valence-electron chi connectivity index (χ4n) is 3.51. The first-order chi connectivity index (χ1) is 16.4. The molecule has 11 heteroatoms. The Morgan fingerprint density at radius 2 is 1.62 bits per heavy atom. The minimum absolute atomic E-state index is 0.188. The lowest BCUT2D eigenvalue weighted by Gasteiger charge is -2.19. The maximum Gasteiger partial charge on any atom is 0.358 e. The summed E-state index contributed by atoms with van der Waals surface area (Å²) < 4.78 is 32.8. The number of nitrogens with zero attached hydrogens (tertiary/aromatic N) is 2. The number of carboxylic acid groups (broad SMARTS) is 1. The van der Waals surface area contributed by atoms with Crippen molar-refractivity contribution in [3.05, 3.63) is 83.8 Å². The second-order valence-electron chi connectivity index (χ2n) is 7.40. The zero-order valence-electron chi connectivity index (χ0n) is 17.6. The summed E-state index contributed by atoms with van der Waals surface area (Å²) in [5.41, 5.74) is 5.79. The topological polar surface area (TPSA) is 143 Å². The van der Waals surface area contributed by atoms with E-state index in [1.165, 1.54) is 12.1 Å². The molecule has 0 unspecified atom stereocenters. The van der Waals surface area contributed by atoms with Crippen molar-refractivity contribution in [3.63, 3.8) is 0 Å². The number of alkyl halides is 1. The third kappa shape index (κ3) is 4.59. The molecular weight excluding hydrogens is 449 g/mol. The van der Waals surface area contributed by atoms with Gasteiger partial charge in [-0.3, -0.25) is 4.57 Å². The summed E-state index contributed by atoms with van der Waals surface area (Å²) in [4.78, 5) is 39.8. The molecule has 2 aromatic carbocycles. The molecule has 4 atom stereocenters. The van der Waals surface area contributed by atoms with Crippen LogP contribution in [0, 0.1) is 0 Å². The minimum Gasteiger partial charge on any atom is -0.476 e. The van der Waals surface area contributed by atoms with Gasteiger partial charge in [-0.15, -0.1) is 0 Å². The number of imidazole rings is 1. The number of nitrogen functional groups attached to an aromatic ring is 1. The predicted molar refractivity (Wildman–Crippen MR) is 115 cm³/mol. The van der Waals surface area contributed by atoms with Crippen molar-refractivity contribution in [1.82, 2.24) is 9.55 Å². The van der Waals surface area contributed by atoms with Crippen molar-refractivity contribution in [2.75, 3.05) is 12.3 Å². The van der Waals surface area contributed by atoms with Gasteiger partial charge in [0, 0.05) is 0 Å². The maximum absolute atomic E-state index is 15.5. The number of benzene rings is 2. The number of rotatable bonds is 7. The van der Waals surface area contributed by atoms with Gasteiger partial charge >= 0.3 is 17.9 Å². The number of carboxylic acids is 1. The average Bonchev–Trinajstić information content (AvgIpc) is 3.38. The van der Waals surface area contributed by atoms with Crippen LogP contribution in [-0.2, 0) is 14.2 Å². The van der Waals surface area contributed by atoms with Crippen molar-refractivity contribution >= 4 is 23.7 Å². The molecule has 0 bridgehead atoms. The highest BCUT2D eigenvalue weighted by molar-refractivity contribution is 5.91. The van der Waals surface area contributed by atoms with Crippen LogP contribution in [0.2, 0.25) is 0 Å². The SMILES string of the molecule is Nc1c(C(=O)O)ncn1[C@@H]1O[C@H](COC(=O)c2ccccc2)[C@@H](OC(=O)c2ccccc2)[C@H]1F. The Morgan fingerprint density at radius 1 is 1.03 bits per heavy atom. The molecule has 1 aliphatic heterocycles. The number of esters is 2. The van der Waals surface area contributed by atoms with Crippen molar-refractivity contribution in [2.24, 2.45) is 0 Å². The van der Waals surface area contributed by atoms with Crippen molar-refractivity contribution in [1.29, 1.82) is 0 Å². The summed E-state index contributed by atoms with van der Waals surface area (Å²) in [6, 6.07) is 16.1. The molecule has 4 rings (SSSR count). The van der Waals surface area contributed by atoms with Crippen LogP contribution in [0.25, 0.3) is 0 Å². The minimum atomic E-state index is -1.97. The number of hydrogen-bond donors (Lipinski definition) is 2. The third-order valence-corrected chi connectivity index (χ3v) is 5.22. The van der Waals surface area contributed by atoms with E-state index in [2.05, 4.69) is 4.98 Å². The van der Waals surface area contributed by atoms with Crippen LogP contribution in [0.5, 0.6) is 0 Å². The standard InChI is InChI=1S/C23H20FN3O7/c24-16-18(34-23(31)14-9-5-2-6-10-14)15(11-32-22(30)13-7-3-1-4-8-13)33-20(16)27-12-26-17(19(27)25)21(28)29/h1-10,12,15-16,18,20H,11,25H2,(H,28,29)/t15-,16-,18-,20-/m1/s1. The first-order valence-electron chi connectivity index (χ1n) is 10.2. The molecule has 1 fully saturated rings. The molecule has 2 heterocycles. The molecule has 10 nitrogen and oxygen atoms in total. The highest BCUT2D eigenvalue weighted by Crippen LogP contribution is 2.36. The molecule has 176 valence electrons. The first-order valence-corrected chi connectivity index (χ1v) is 10.2. The lowest BCUT2D eigenvalue weighted by atomic mass is 10.1. The summed E-state index contributed by atoms with van der Waals surface area (Å²) in [7, 11) is 0. The van der Waals surface area contributed by atoms with Gasteiger partial charge in [-0.1, -0.05) is 36.4 Å². The number of halogens is 1. The zero-order chi connectivity index (χ0) is 24.2.